The van der Waals surface area contributed by atoms with Crippen molar-refractivity contribution in [1.29, 1.82) is 0 Å². The number of pyridine rings is 1. The summed E-state index contributed by atoms with van der Waals surface area (Å²) < 4.78 is 4.95. The molecule has 0 bridgehead atoms. The zero-order valence-corrected chi connectivity index (χ0v) is 7.15. The lowest BCUT2D eigenvalue weighted by Gasteiger charge is -1.98. The number of nitrogens with zero attached hydrogens (tertiary/aromatic N) is 1. The molecule has 0 aliphatic rings. The zero-order chi connectivity index (χ0) is 7.40. The minimum absolute atomic E-state index is 0.763. The monoisotopic (exact) mass is 173 g/mol. The molecule has 1 aromatic rings. The second-order valence-corrected chi connectivity index (χ2v) is 2.85. The van der Waals surface area contributed by atoms with E-state index in [2.05, 4.69) is 16.6 Å². The van der Waals surface area contributed by atoms with E-state index in [0.29, 0.717) is 0 Å². The molecule has 4 heteroatoms. The lowest BCUT2D eigenvalue weighted by Crippen LogP contribution is -1.83. The quantitative estimate of drug-likeness (QED) is 0.546. The van der Waals surface area contributed by atoms with Crippen LogP contribution in [0.2, 0.25) is 0 Å². The van der Waals surface area contributed by atoms with Crippen molar-refractivity contribution in [1.82, 2.24) is 4.98 Å². The van der Waals surface area contributed by atoms with E-state index in [0.717, 1.165) is 10.6 Å². The number of thiol groups is 1. The van der Waals surface area contributed by atoms with Gasteiger partial charge in [0.05, 0.1) is 13.3 Å². The maximum absolute atomic E-state index is 4.95. The summed E-state index contributed by atoms with van der Waals surface area (Å²) in [6.07, 6.45) is 3.40. The average molecular weight is 173 g/mol. The molecular formula is C6H7NOS2. The molecule has 0 unspecified atom stereocenters. The number of aromatic nitrogens is 1. The molecule has 1 rings (SSSR count). The van der Waals surface area contributed by atoms with Gasteiger partial charge in [-0.1, -0.05) is 10.8 Å². The molecule has 0 aliphatic carbocycles. The molecule has 54 valence electrons. The molecule has 0 saturated carbocycles. The van der Waals surface area contributed by atoms with E-state index in [4.69, 9.17) is 4.74 Å². The van der Waals surface area contributed by atoms with Crippen molar-refractivity contribution in [3.05, 3.63) is 18.5 Å². The Hall–Kier alpha value is -0.350. The molecule has 0 amide bonds. The topological polar surface area (TPSA) is 22.1 Å². The smallest absolute Gasteiger partial charge is 0.138 e. The molecule has 0 atom stereocenters. The summed E-state index contributed by atoms with van der Waals surface area (Å²) in [4.78, 5) is 4.92. The second kappa shape index (κ2) is 3.73. The minimum atomic E-state index is 0.763. The summed E-state index contributed by atoms with van der Waals surface area (Å²) in [5.41, 5.74) is 0. The van der Waals surface area contributed by atoms with Crippen LogP contribution in [0.1, 0.15) is 0 Å². The number of hydrogen-bond donors (Lipinski definition) is 1. The molecule has 0 aliphatic heterocycles. The molecule has 0 N–H and O–H groups in total. The van der Waals surface area contributed by atoms with E-state index in [1.807, 2.05) is 6.07 Å². The molecular weight excluding hydrogens is 166 g/mol. The average Bonchev–Trinajstić information content (AvgIpc) is 2.05. The van der Waals surface area contributed by atoms with Crippen LogP contribution in [0.5, 0.6) is 5.75 Å². The summed E-state index contributed by atoms with van der Waals surface area (Å²) in [7, 11) is 2.97. The molecule has 1 aromatic heterocycles. The van der Waals surface area contributed by atoms with Crippen molar-refractivity contribution in [3.63, 3.8) is 0 Å². The fraction of sp³-hybridized carbons (Fsp3) is 0.167. The standard InChI is InChI=1S/C6H7NOS2/c1-8-5-2-6(10-9)4-7-3-5/h2-4,9H,1H3. The number of rotatable bonds is 2. The third kappa shape index (κ3) is 1.82. The first-order valence-electron chi connectivity index (χ1n) is 2.67. The van der Waals surface area contributed by atoms with Gasteiger partial charge in [-0.15, -0.1) is 11.7 Å². The van der Waals surface area contributed by atoms with E-state index < -0.39 is 0 Å². The third-order valence-corrected chi connectivity index (χ3v) is 2.10. The van der Waals surface area contributed by atoms with Crippen molar-refractivity contribution in [3.8, 4) is 5.75 Å². The van der Waals surface area contributed by atoms with Gasteiger partial charge in [0, 0.05) is 11.1 Å². The van der Waals surface area contributed by atoms with Gasteiger partial charge >= 0.3 is 0 Å². The Morgan fingerprint density at radius 1 is 1.60 bits per heavy atom. The minimum Gasteiger partial charge on any atom is -0.495 e. The lowest BCUT2D eigenvalue weighted by molar-refractivity contribution is 0.411. The van der Waals surface area contributed by atoms with Crippen molar-refractivity contribution >= 4 is 22.5 Å². The Bertz CT molecular complexity index is 197. The van der Waals surface area contributed by atoms with Crippen LogP contribution in [0, 0.1) is 0 Å². The summed E-state index contributed by atoms with van der Waals surface area (Å²) in [6.45, 7) is 0. The van der Waals surface area contributed by atoms with Gasteiger partial charge in [-0.2, -0.15) is 0 Å². The summed E-state index contributed by atoms with van der Waals surface area (Å²) in [5, 5.41) is 0. The van der Waals surface area contributed by atoms with Gasteiger partial charge in [-0.05, 0) is 6.07 Å². The predicted octanol–water partition coefficient (Wildman–Crippen LogP) is 2.03. The SMILES string of the molecule is COc1cncc(SS)c1. The van der Waals surface area contributed by atoms with Crippen LogP contribution in [0.4, 0.5) is 0 Å². The fourth-order valence-electron chi connectivity index (χ4n) is 0.560. The van der Waals surface area contributed by atoms with Gasteiger partial charge in [-0.25, -0.2) is 0 Å². The lowest BCUT2D eigenvalue weighted by atomic mass is 10.5. The van der Waals surface area contributed by atoms with Gasteiger partial charge in [0.1, 0.15) is 5.75 Å². The highest BCUT2D eigenvalue weighted by atomic mass is 33.1. The van der Waals surface area contributed by atoms with Crippen molar-refractivity contribution < 1.29 is 4.74 Å². The molecule has 2 nitrogen and oxygen atoms in total. The normalized spacial score (nSPS) is 9.40. The van der Waals surface area contributed by atoms with E-state index in [1.165, 1.54) is 10.8 Å². The highest BCUT2D eigenvalue weighted by molar-refractivity contribution is 8.68. The Balaban J connectivity index is 2.87. The zero-order valence-electron chi connectivity index (χ0n) is 5.44. The van der Waals surface area contributed by atoms with E-state index in [-0.39, 0.29) is 0 Å². The summed E-state index contributed by atoms with van der Waals surface area (Å²) >= 11 is 4.02. The fourth-order valence-corrected chi connectivity index (χ4v) is 1.14. The van der Waals surface area contributed by atoms with Crippen LogP contribution in [-0.2, 0) is 0 Å². The number of hydrogen-bond acceptors (Lipinski definition) is 4. The van der Waals surface area contributed by atoms with Gasteiger partial charge < -0.3 is 4.74 Å². The van der Waals surface area contributed by atoms with Crippen molar-refractivity contribution in [2.24, 2.45) is 0 Å². The Kier molecular flexibility index (Phi) is 2.89. The Morgan fingerprint density at radius 2 is 2.40 bits per heavy atom. The maximum atomic E-state index is 4.95. The maximum Gasteiger partial charge on any atom is 0.138 e. The number of methoxy groups -OCH3 is 1. The largest absolute Gasteiger partial charge is 0.495 e. The third-order valence-electron chi connectivity index (χ3n) is 1.03. The summed E-state index contributed by atoms with van der Waals surface area (Å²) in [6, 6.07) is 1.88. The molecule has 10 heavy (non-hydrogen) atoms. The van der Waals surface area contributed by atoms with Gasteiger partial charge in [0.25, 0.3) is 0 Å². The van der Waals surface area contributed by atoms with E-state index >= 15 is 0 Å². The Morgan fingerprint density at radius 3 is 3.00 bits per heavy atom. The van der Waals surface area contributed by atoms with Gasteiger partial charge in [-0.3, -0.25) is 4.98 Å². The molecule has 0 radical (unpaired) electrons. The molecule has 1 heterocycles. The van der Waals surface area contributed by atoms with E-state index in [1.54, 1.807) is 19.5 Å². The molecule has 0 fully saturated rings. The Labute approximate surface area is 68.8 Å². The highest BCUT2D eigenvalue weighted by Gasteiger charge is 1.92. The summed E-state index contributed by atoms with van der Waals surface area (Å²) in [5.74, 6) is 0.763. The van der Waals surface area contributed by atoms with Crippen LogP contribution in [0.3, 0.4) is 0 Å². The van der Waals surface area contributed by atoms with Crippen LogP contribution < -0.4 is 4.74 Å². The van der Waals surface area contributed by atoms with Gasteiger partial charge in [0.2, 0.25) is 0 Å². The first kappa shape index (κ1) is 7.75. The van der Waals surface area contributed by atoms with Crippen LogP contribution in [-0.4, -0.2) is 12.1 Å². The number of ether oxygens (including phenoxy) is 1. The molecule has 0 aromatic carbocycles. The first-order valence-corrected chi connectivity index (χ1v) is 4.54. The van der Waals surface area contributed by atoms with Crippen LogP contribution in [0.25, 0.3) is 0 Å². The second-order valence-electron chi connectivity index (χ2n) is 1.65. The van der Waals surface area contributed by atoms with E-state index in [9.17, 15) is 0 Å². The highest BCUT2D eigenvalue weighted by Crippen LogP contribution is 2.23. The first-order chi connectivity index (χ1) is 4.86. The van der Waals surface area contributed by atoms with Crippen molar-refractivity contribution in [2.75, 3.05) is 7.11 Å². The van der Waals surface area contributed by atoms with Crippen molar-refractivity contribution in [2.45, 2.75) is 4.90 Å². The van der Waals surface area contributed by atoms with Crippen LogP contribution in [0.15, 0.2) is 23.4 Å². The predicted molar refractivity (Wildman–Crippen MR) is 45.6 cm³/mol. The van der Waals surface area contributed by atoms with Crippen LogP contribution >= 0.6 is 22.5 Å². The van der Waals surface area contributed by atoms with Gasteiger partial charge in [0.15, 0.2) is 0 Å². The molecule has 0 saturated heterocycles. The molecule has 0 spiro atoms.